The van der Waals surface area contributed by atoms with Crippen LogP contribution in [-0.2, 0) is 14.3 Å². The number of halogens is 2. The number of ether oxygens (including phenoxy) is 1. The largest absolute Gasteiger partial charge is 0.465 e. The summed E-state index contributed by atoms with van der Waals surface area (Å²) in [7, 11) is 0. The summed E-state index contributed by atoms with van der Waals surface area (Å²) in [4.78, 5) is 51.7. The SMILES string of the molecule is O=C(O)NC[C@H]1CN(c2cc(F)c(N3CCN(C(=O)CNC(=O)C4CCCCC4)CC3)c(F)c2)C(=O)O1. The first-order valence-electron chi connectivity index (χ1n) is 12.5. The van der Waals surface area contributed by atoms with Gasteiger partial charge in [-0.2, -0.15) is 0 Å². The van der Waals surface area contributed by atoms with Crippen molar-refractivity contribution >= 4 is 35.4 Å². The van der Waals surface area contributed by atoms with Crippen molar-refractivity contribution in [1.82, 2.24) is 15.5 Å². The first-order chi connectivity index (χ1) is 17.7. The second-order valence-corrected chi connectivity index (χ2v) is 9.48. The van der Waals surface area contributed by atoms with Gasteiger partial charge in [0, 0.05) is 44.2 Å². The number of carbonyl (C=O) groups excluding carboxylic acids is 3. The summed E-state index contributed by atoms with van der Waals surface area (Å²) in [5, 5.41) is 13.5. The smallest absolute Gasteiger partial charge is 0.414 e. The Bertz CT molecular complexity index is 1020. The Hall–Kier alpha value is -3.64. The zero-order chi connectivity index (χ0) is 26.5. The average molecular weight is 524 g/mol. The summed E-state index contributed by atoms with van der Waals surface area (Å²) in [6, 6.07) is 2.07. The molecule has 4 rings (SSSR count). The molecule has 0 bridgehead atoms. The van der Waals surface area contributed by atoms with E-state index in [1.807, 2.05) is 0 Å². The Morgan fingerprint density at radius 3 is 2.27 bits per heavy atom. The van der Waals surface area contributed by atoms with Crippen molar-refractivity contribution in [3.63, 3.8) is 0 Å². The molecular formula is C24H31F2N5O6. The molecule has 13 heteroatoms. The minimum Gasteiger partial charge on any atom is -0.465 e. The van der Waals surface area contributed by atoms with E-state index in [1.165, 1.54) is 4.90 Å². The zero-order valence-corrected chi connectivity index (χ0v) is 20.4. The minimum atomic E-state index is -1.28. The lowest BCUT2D eigenvalue weighted by Crippen LogP contribution is -2.52. The highest BCUT2D eigenvalue weighted by Crippen LogP contribution is 2.31. The number of cyclic esters (lactones) is 1. The van der Waals surface area contributed by atoms with Crippen LogP contribution < -0.4 is 20.4 Å². The van der Waals surface area contributed by atoms with Crippen molar-refractivity contribution in [2.45, 2.75) is 38.2 Å². The van der Waals surface area contributed by atoms with Crippen molar-refractivity contribution in [2.75, 3.05) is 55.6 Å². The van der Waals surface area contributed by atoms with E-state index in [0.29, 0.717) is 0 Å². The lowest BCUT2D eigenvalue weighted by molar-refractivity contribution is -0.134. The van der Waals surface area contributed by atoms with E-state index in [1.54, 1.807) is 4.90 Å². The van der Waals surface area contributed by atoms with Gasteiger partial charge in [-0.05, 0) is 12.8 Å². The number of carbonyl (C=O) groups is 4. The summed E-state index contributed by atoms with van der Waals surface area (Å²) in [5.41, 5.74) is -0.290. The number of amides is 4. The molecule has 37 heavy (non-hydrogen) atoms. The molecule has 1 saturated carbocycles. The predicted octanol–water partition coefficient (Wildman–Crippen LogP) is 1.90. The lowest BCUT2D eigenvalue weighted by atomic mass is 9.89. The van der Waals surface area contributed by atoms with Crippen molar-refractivity contribution in [3.8, 4) is 0 Å². The highest BCUT2D eigenvalue weighted by molar-refractivity contribution is 5.90. The van der Waals surface area contributed by atoms with E-state index in [4.69, 9.17) is 9.84 Å². The normalized spacial score (nSPS) is 20.5. The molecule has 3 N–H and O–H groups in total. The van der Waals surface area contributed by atoms with Crippen LogP contribution in [-0.4, -0.2) is 85.9 Å². The van der Waals surface area contributed by atoms with Gasteiger partial charge in [-0.3, -0.25) is 14.5 Å². The van der Waals surface area contributed by atoms with Crippen LogP contribution in [0.15, 0.2) is 12.1 Å². The van der Waals surface area contributed by atoms with Crippen LogP contribution in [0.5, 0.6) is 0 Å². The molecule has 2 saturated heterocycles. The highest BCUT2D eigenvalue weighted by Gasteiger charge is 2.34. The van der Waals surface area contributed by atoms with E-state index in [-0.39, 0.29) is 74.9 Å². The molecule has 1 aliphatic carbocycles. The first-order valence-corrected chi connectivity index (χ1v) is 12.5. The molecule has 0 spiro atoms. The van der Waals surface area contributed by atoms with Crippen molar-refractivity contribution in [3.05, 3.63) is 23.8 Å². The average Bonchev–Trinajstić information content (AvgIpc) is 3.26. The molecule has 0 aromatic heterocycles. The molecule has 0 radical (unpaired) electrons. The Morgan fingerprint density at radius 2 is 1.65 bits per heavy atom. The molecule has 2 aliphatic heterocycles. The van der Waals surface area contributed by atoms with Gasteiger partial charge in [0.2, 0.25) is 11.8 Å². The maximum atomic E-state index is 15.0. The second kappa shape index (κ2) is 11.6. The molecule has 11 nitrogen and oxygen atoms in total. The molecule has 2 heterocycles. The summed E-state index contributed by atoms with van der Waals surface area (Å²) < 4.78 is 35.0. The van der Waals surface area contributed by atoms with Gasteiger partial charge in [-0.25, -0.2) is 18.4 Å². The summed E-state index contributed by atoms with van der Waals surface area (Å²) in [6.07, 6.45) is 1.98. The first kappa shape index (κ1) is 26.4. The maximum Gasteiger partial charge on any atom is 0.414 e. The van der Waals surface area contributed by atoms with E-state index >= 15 is 0 Å². The van der Waals surface area contributed by atoms with E-state index in [0.717, 1.165) is 49.1 Å². The third kappa shape index (κ3) is 6.38. The molecule has 3 aliphatic rings. The van der Waals surface area contributed by atoms with Crippen LogP contribution >= 0.6 is 0 Å². The van der Waals surface area contributed by atoms with Gasteiger partial charge in [0.25, 0.3) is 0 Å². The van der Waals surface area contributed by atoms with Crippen molar-refractivity contribution in [1.29, 1.82) is 0 Å². The van der Waals surface area contributed by atoms with Gasteiger partial charge >= 0.3 is 12.2 Å². The molecule has 202 valence electrons. The van der Waals surface area contributed by atoms with E-state index in [2.05, 4.69) is 10.6 Å². The fourth-order valence-corrected chi connectivity index (χ4v) is 5.01. The van der Waals surface area contributed by atoms with Crippen LogP contribution in [0.2, 0.25) is 0 Å². The van der Waals surface area contributed by atoms with Crippen LogP contribution in [0, 0.1) is 17.6 Å². The van der Waals surface area contributed by atoms with Gasteiger partial charge in [0.1, 0.15) is 11.8 Å². The zero-order valence-electron chi connectivity index (χ0n) is 20.4. The van der Waals surface area contributed by atoms with E-state index < -0.39 is 29.9 Å². The van der Waals surface area contributed by atoms with Gasteiger partial charge in [0.05, 0.1) is 25.3 Å². The van der Waals surface area contributed by atoms with Crippen LogP contribution in [0.25, 0.3) is 0 Å². The number of piperazine rings is 1. The van der Waals surface area contributed by atoms with Gasteiger partial charge in [0.15, 0.2) is 11.6 Å². The Labute approximate surface area is 212 Å². The summed E-state index contributed by atoms with van der Waals surface area (Å²) in [6.45, 7) is 0.588. The number of nitrogens with zero attached hydrogens (tertiary/aromatic N) is 3. The van der Waals surface area contributed by atoms with Gasteiger partial charge in [-0.1, -0.05) is 19.3 Å². The van der Waals surface area contributed by atoms with E-state index in [9.17, 15) is 28.0 Å². The highest BCUT2D eigenvalue weighted by atomic mass is 19.1. The number of anilines is 2. The molecular weight excluding hydrogens is 492 g/mol. The fraction of sp³-hybridized carbons (Fsp3) is 0.583. The topological polar surface area (TPSA) is 132 Å². The van der Waals surface area contributed by atoms with Crippen LogP contribution in [0.1, 0.15) is 32.1 Å². The number of hydrogen-bond acceptors (Lipinski definition) is 6. The third-order valence-corrected chi connectivity index (χ3v) is 7.01. The Balaban J connectivity index is 1.30. The predicted molar refractivity (Wildman–Crippen MR) is 128 cm³/mol. The lowest BCUT2D eigenvalue weighted by Gasteiger charge is -2.36. The molecule has 1 aromatic rings. The van der Waals surface area contributed by atoms with Crippen LogP contribution in [0.4, 0.5) is 29.7 Å². The Morgan fingerprint density at radius 1 is 1.00 bits per heavy atom. The number of benzene rings is 1. The van der Waals surface area contributed by atoms with Crippen LogP contribution in [0.3, 0.4) is 0 Å². The maximum absolute atomic E-state index is 15.0. The van der Waals surface area contributed by atoms with Gasteiger partial charge in [-0.15, -0.1) is 0 Å². The molecule has 3 fully saturated rings. The third-order valence-electron chi connectivity index (χ3n) is 7.01. The fourth-order valence-electron chi connectivity index (χ4n) is 5.01. The number of hydrogen-bond donors (Lipinski definition) is 3. The van der Waals surface area contributed by atoms with Gasteiger partial charge < -0.3 is 30.3 Å². The quantitative estimate of drug-likeness (QED) is 0.498. The number of nitrogens with one attached hydrogen (secondary N) is 2. The number of rotatable bonds is 7. The minimum absolute atomic E-state index is 0.0379. The number of carboxylic acid groups (broad SMARTS) is 1. The second-order valence-electron chi connectivity index (χ2n) is 9.48. The standard InChI is InChI=1S/C24H31F2N5O6/c25-18-10-16(31-14-17(37-24(31)36)12-28-23(34)35)11-19(26)21(18)30-8-6-29(7-9-30)20(32)13-27-22(33)15-4-2-1-3-5-15/h10-11,15,17,28H,1-9,12-14H2,(H,27,33)(H,34,35)/t17-/m0/s1. The molecule has 0 unspecified atom stereocenters. The Kier molecular flexibility index (Phi) is 8.29. The molecule has 1 atom stereocenters. The van der Waals surface area contributed by atoms with Crippen molar-refractivity contribution in [2.24, 2.45) is 5.92 Å². The molecule has 1 aromatic carbocycles. The van der Waals surface area contributed by atoms with Crippen molar-refractivity contribution < 1.29 is 37.8 Å². The monoisotopic (exact) mass is 523 g/mol. The summed E-state index contributed by atoms with van der Waals surface area (Å²) in [5.74, 6) is -2.10. The molecule has 4 amide bonds. The summed E-state index contributed by atoms with van der Waals surface area (Å²) >= 11 is 0.